The lowest BCUT2D eigenvalue weighted by molar-refractivity contribution is 0.763. The summed E-state index contributed by atoms with van der Waals surface area (Å²) in [4.78, 5) is 0. The van der Waals surface area contributed by atoms with Crippen molar-refractivity contribution in [2.75, 3.05) is 0 Å². The van der Waals surface area contributed by atoms with E-state index in [2.05, 4.69) is 51.0 Å². The molecule has 0 fully saturated rings. The molecule has 0 saturated carbocycles. The van der Waals surface area contributed by atoms with E-state index in [1.165, 1.54) is 5.56 Å². The summed E-state index contributed by atoms with van der Waals surface area (Å²) < 4.78 is 1.80. The van der Waals surface area contributed by atoms with E-state index in [1.54, 1.807) is 4.68 Å². The normalized spacial score (nSPS) is 11.3. The fraction of sp³-hybridized carbons (Fsp3) is 0.400. The molecule has 0 aliphatic carbocycles. The maximum absolute atomic E-state index is 6.45. The Morgan fingerprint density at radius 2 is 1.95 bits per heavy atom. The second-order valence-electron chi connectivity index (χ2n) is 5.14. The van der Waals surface area contributed by atoms with E-state index < -0.39 is 0 Å². The van der Waals surface area contributed by atoms with Crippen LogP contribution in [0.2, 0.25) is 5.15 Å². The second-order valence-corrected chi connectivity index (χ2v) is 5.77. The lowest BCUT2D eigenvalue weighted by Gasteiger charge is -2.08. The summed E-state index contributed by atoms with van der Waals surface area (Å²) >= 11 is 12.5. The third-order valence-corrected chi connectivity index (χ3v) is 3.88. The average molecular weight is 297 g/mol. The Balaban J connectivity index is 2.66. The number of halogens is 2. The molecule has 2 rings (SSSR count). The summed E-state index contributed by atoms with van der Waals surface area (Å²) in [5.74, 6) is 0.689. The Hall–Kier alpha value is -0.990. The zero-order valence-corrected chi connectivity index (χ0v) is 13.2. The Morgan fingerprint density at radius 1 is 1.26 bits per heavy atom. The minimum atomic E-state index is 0.303. The highest BCUT2D eigenvalue weighted by Crippen LogP contribution is 2.30. The zero-order valence-electron chi connectivity index (χ0n) is 11.7. The van der Waals surface area contributed by atoms with E-state index in [4.69, 9.17) is 23.2 Å². The third-order valence-electron chi connectivity index (χ3n) is 3.23. The molecule has 0 bridgehead atoms. The molecular weight excluding hydrogens is 279 g/mol. The molecule has 2 nitrogen and oxygen atoms in total. The first kappa shape index (κ1) is 14.4. The Morgan fingerprint density at radius 3 is 2.47 bits per heavy atom. The summed E-state index contributed by atoms with van der Waals surface area (Å²) in [6.07, 6.45) is 0. The number of alkyl halides is 1. The second kappa shape index (κ2) is 5.56. The van der Waals surface area contributed by atoms with Gasteiger partial charge in [-0.05, 0) is 37.0 Å². The van der Waals surface area contributed by atoms with Crippen LogP contribution in [0.25, 0.3) is 5.69 Å². The van der Waals surface area contributed by atoms with Crippen molar-refractivity contribution in [2.45, 2.75) is 39.5 Å². The number of aryl methyl sites for hydroxylation is 2. The van der Waals surface area contributed by atoms with Crippen LogP contribution in [-0.2, 0) is 5.88 Å². The predicted molar refractivity (Wildman–Crippen MR) is 81.7 cm³/mol. The van der Waals surface area contributed by atoms with Gasteiger partial charge < -0.3 is 0 Å². The van der Waals surface area contributed by atoms with Crippen molar-refractivity contribution in [3.8, 4) is 5.69 Å². The number of hydrogen-bond acceptors (Lipinski definition) is 1. The fourth-order valence-electron chi connectivity index (χ4n) is 2.14. The highest BCUT2D eigenvalue weighted by Gasteiger charge is 2.19. The molecular formula is C15H18Cl2N2. The van der Waals surface area contributed by atoms with Gasteiger partial charge in [-0.3, -0.25) is 0 Å². The summed E-state index contributed by atoms with van der Waals surface area (Å²) in [5, 5.41) is 5.27. The molecule has 4 heteroatoms. The van der Waals surface area contributed by atoms with Crippen molar-refractivity contribution >= 4 is 23.2 Å². The number of benzene rings is 1. The largest absolute Gasteiger partial charge is 0.221 e. The van der Waals surface area contributed by atoms with Crippen LogP contribution in [0.15, 0.2) is 18.2 Å². The van der Waals surface area contributed by atoms with Crippen LogP contribution in [-0.4, -0.2) is 9.78 Å². The van der Waals surface area contributed by atoms with Crippen LogP contribution < -0.4 is 0 Å². The Kier molecular flexibility index (Phi) is 4.22. The average Bonchev–Trinajstić information content (AvgIpc) is 2.69. The van der Waals surface area contributed by atoms with Crippen LogP contribution in [0.3, 0.4) is 0 Å². The maximum atomic E-state index is 6.45. The van der Waals surface area contributed by atoms with Gasteiger partial charge in [-0.1, -0.05) is 37.6 Å². The van der Waals surface area contributed by atoms with E-state index in [1.807, 2.05) is 0 Å². The van der Waals surface area contributed by atoms with Crippen molar-refractivity contribution in [2.24, 2.45) is 0 Å². The molecule has 0 aliphatic rings. The van der Waals surface area contributed by atoms with Gasteiger partial charge in [0.05, 0.1) is 17.3 Å². The quantitative estimate of drug-likeness (QED) is 0.729. The topological polar surface area (TPSA) is 17.8 Å². The van der Waals surface area contributed by atoms with Gasteiger partial charge in [0.15, 0.2) is 0 Å². The van der Waals surface area contributed by atoms with E-state index in [0.717, 1.165) is 22.5 Å². The van der Waals surface area contributed by atoms with E-state index in [0.29, 0.717) is 17.0 Å². The lowest BCUT2D eigenvalue weighted by atomic mass is 10.1. The molecule has 0 amide bonds. The van der Waals surface area contributed by atoms with Crippen LogP contribution in [0.4, 0.5) is 0 Å². The van der Waals surface area contributed by atoms with E-state index in [-0.39, 0.29) is 0 Å². The number of aromatic nitrogens is 2. The Bertz CT molecular complexity index is 600. The minimum absolute atomic E-state index is 0.303. The molecule has 0 spiro atoms. The Labute approximate surface area is 124 Å². The summed E-state index contributed by atoms with van der Waals surface area (Å²) in [7, 11) is 0. The van der Waals surface area contributed by atoms with Gasteiger partial charge in [-0.15, -0.1) is 11.6 Å². The van der Waals surface area contributed by atoms with Crippen LogP contribution in [0, 0.1) is 13.8 Å². The van der Waals surface area contributed by atoms with Gasteiger partial charge in [0.1, 0.15) is 5.15 Å². The molecule has 2 aromatic rings. The third kappa shape index (κ3) is 2.65. The monoisotopic (exact) mass is 296 g/mol. The van der Waals surface area contributed by atoms with Crippen LogP contribution >= 0.6 is 23.2 Å². The van der Waals surface area contributed by atoms with Crippen LogP contribution in [0.5, 0.6) is 0 Å². The van der Waals surface area contributed by atoms with Gasteiger partial charge in [0.25, 0.3) is 0 Å². The molecule has 0 saturated heterocycles. The van der Waals surface area contributed by atoms with Crippen LogP contribution in [0.1, 0.15) is 42.1 Å². The van der Waals surface area contributed by atoms with Crippen molar-refractivity contribution in [3.63, 3.8) is 0 Å². The molecule has 0 atom stereocenters. The molecule has 1 aromatic carbocycles. The van der Waals surface area contributed by atoms with Crippen molar-refractivity contribution in [1.29, 1.82) is 0 Å². The minimum Gasteiger partial charge on any atom is -0.221 e. The first-order valence-electron chi connectivity index (χ1n) is 6.36. The van der Waals surface area contributed by atoms with Gasteiger partial charge in [-0.2, -0.15) is 5.10 Å². The molecule has 0 radical (unpaired) electrons. The standard InChI is InChI=1S/C15H18Cl2N2/c1-9(2)14-12(8-16)15(17)19(18-14)13-7-10(3)5-6-11(13)4/h5-7,9H,8H2,1-4H3. The molecule has 1 aromatic heterocycles. The number of hydrogen-bond donors (Lipinski definition) is 0. The first-order valence-corrected chi connectivity index (χ1v) is 7.27. The van der Waals surface area contributed by atoms with Gasteiger partial charge in [0, 0.05) is 5.56 Å². The summed E-state index contributed by atoms with van der Waals surface area (Å²) in [6.45, 7) is 8.32. The predicted octanol–water partition coefficient (Wildman–Crippen LogP) is 5.00. The highest BCUT2D eigenvalue weighted by atomic mass is 35.5. The number of rotatable bonds is 3. The van der Waals surface area contributed by atoms with Crippen molar-refractivity contribution in [3.05, 3.63) is 45.7 Å². The molecule has 1 heterocycles. The summed E-state index contributed by atoms with van der Waals surface area (Å²) in [6, 6.07) is 6.26. The smallest absolute Gasteiger partial charge is 0.137 e. The first-order chi connectivity index (χ1) is 8.95. The zero-order chi connectivity index (χ0) is 14.2. The van der Waals surface area contributed by atoms with E-state index >= 15 is 0 Å². The molecule has 102 valence electrons. The van der Waals surface area contributed by atoms with Gasteiger partial charge in [-0.25, -0.2) is 4.68 Å². The van der Waals surface area contributed by atoms with Gasteiger partial charge >= 0.3 is 0 Å². The van der Waals surface area contributed by atoms with Crippen molar-refractivity contribution in [1.82, 2.24) is 9.78 Å². The lowest BCUT2D eigenvalue weighted by Crippen LogP contribution is -2.01. The van der Waals surface area contributed by atoms with Gasteiger partial charge in [0.2, 0.25) is 0 Å². The SMILES string of the molecule is Cc1ccc(C)c(-n2nc(C(C)C)c(CCl)c2Cl)c1. The maximum Gasteiger partial charge on any atom is 0.137 e. The molecule has 0 N–H and O–H groups in total. The molecule has 0 unspecified atom stereocenters. The fourth-order valence-corrected chi connectivity index (χ4v) is 2.76. The van der Waals surface area contributed by atoms with E-state index in [9.17, 15) is 0 Å². The highest BCUT2D eigenvalue weighted by molar-refractivity contribution is 6.31. The number of nitrogens with zero attached hydrogens (tertiary/aromatic N) is 2. The summed E-state index contributed by atoms with van der Waals surface area (Å²) in [5.41, 5.74) is 5.25. The molecule has 19 heavy (non-hydrogen) atoms. The molecule has 0 aliphatic heterocycles. The van der Waals surface area contributed by atoms with Crippen molar-refractivity contribution < 1.29 is 0 Å².